The summed E-state index contributed by atoms with van der Waals surface area (Å²) in [5.74, 6) is 5.85. The summed E-state index contributed by atoms with van der Waals surface area (Å²) in [6, 6.07) is 0. The molecule has 4 N–H and O–H groups in total. The van der Waals surface area contributed by atoms with Crippen molar-refractivity contribution >= 4 is 11.5 Å². The van der Waals surface area contributed by atoms with Crippen molar-refractivity contribution in [3.8, 4) is 11.8 Å². The third kappa shape index (κ3) is 2.24. The van der Waals surface area contributed by atoms with Crippen LogP contribution in [0.3, 0.4) is 0 Å². The van der Waals surface area contributed by atoms with E-state index in [1.54, 1.807) is 6.92 Å². The van der Waals surface area contributed by atoms with Crippen molar-refractivity contribution in [2.45, 2.75) is 6.92 Å². The smallest absolute Gasteiger partial charge is 0.276 e. The minimum absolute atomic E-state index is 0.0837. The molecule has 13 heavy (non-hydrogen) atoms. The molecule has 5 heteroatoms. The summed E-state index contributed by atoms with van der Waals surface area (Å²) in [7, 11) is 0. The highest BCUT2D eigenvalue weighted by Gasteiger charge is 2.01. The summed E-state index contributed by atoms with van der Waals surface area (Å²) in [4.78, 5) is 17.2. The molecule has 5 nitrogen and oxygen atoms in total. The van der Waals surface area contributed by atoms with E-state index < -0.39 is 0 Å². The molecule has 0 aromatic carbocycles. The van der Waals surface area contributed by atoms with Crippen molar-refractivity contribution in [3.05, 3.63) is 16.7 Å². The van der Waals surface area contributed by atoms with Gasteiger partial charge in [0.15, 0.2) is 5.82 Å². The van der Waals surface area contributed by atoms with Crippen molar-refractivity contribution in [3.63, 3.8) is 0 Å². The van der Waals surface area contributed by atoms with Gasteiger partial charge in [-0.25, -0.2) is 4.98 Å². The van der Waals surface area contributed by atoms with Crippen LogP contribution in [0.2, 0.25) is 0 Å². The van der Waals surface area contributed by atoms with Crippen LogP contribution in [-0.2, 0) is 0 Å². The fraction of sp³-hybridized carbons (Fsp3) is 0.250. The fourth-order valence-electron chi connectivity index (χ4n) is 0.767. The van der Waals surface area contributed by atoms with Gasteiger partial charge in [0.25, 0.3) is 5.56 Å². The molecule has 0 unspecified atom stereocenters. The lowest BCUT2D eigenvalue weighted by Gasteiger charge is -2.02. The number of H-pyrrole nitrogens is 1. The number of rotatable bonds is 2. The number of hydrogen-bond donors (Lipinski definition) is 3. The van der Waals surface area contributed by atoms with Gasteiger partial charge in [-0.3, -0.25) is 4.79 Å². The van der Waals surface area contributed by atoms with Gasteiger partial charge in [0.2, 0.25) is 0 Å². The number of aromatic amines is 1. The minimum atomic E-state index is -0.345. The molecule has 1 rings (SSSR count). The molecule has 1 aromatic heterocycles. The maximum absolute atomic E-state index is 11.0. The Morgan fingerprint density at radius 1 is 1.77 bits per heavy atom. The Hall–Kier alpha value is -1.96. The van der Waals surface area contributed by atoms with Crippen molar-refractivity contribution in [2.75, 3.05) is 17.6 Å². The Labute approximate surface area is 75.4 Å². The molecule has 0 spiro atoms. The molecule has 0 aliphatic heterocycles. The molecule has 0 radical (unpaired) electrons. The number of nitrogens with zero attached hydrogens (tertiary/aromatic N) is 1. The van der Waals surface area contributed by atoms with Gasteiger partial charge in [-0.2, -0.15) is 0 Å². The Bertz CT molecular complexity index is 399. The quantitative estimate of drug-likeness (QED) is 0.547. The minimum Gasteiger partial charge on any atom is -0.391 e. The first kappa shape index (κ1) is 9.13. The molecule has 0 amide bonds. The van der Waals surface area contributed by atoms with Crippen LogP contribution in [0.15, 0.2) is 11.1 Å². The Kier molecular flexibility index (Phi) is 2.92. The number of nitrogen functional groups attached to an aromatic ring is 1. The van der Waals surface area contributed by atoms with Gasteiger partial charge >= 0.3 is 0 Å². The predicted molar refractivity (Wildman–Crippen MR) is 51.2 cm³/mol. The largest absolute Gasteiger partial charge is 0.391 e. The lowest BCUT2D eigenvalue weighted by Crippen LogP contribution is -2.16. The van der Waals surface area contributed by atoms with E-state index in [9.17, 15) is 4.79 Å². The molecule has 0 atom stereocenters. The lowest BCUT2D eigenvalue weighted by atomic mass is 10.4. The van der Waals surface area contributed by atoms with Gasteiger partial charge < -0.3 is 16.0 Å². The highest BCUT2D eigenvalue weighted by Crippen LogP contribution is 2.05. The zero-order valence-electron chi connectivity index (χ0n) is 7.22. The van der Waals surface area contributed by atoms with Gasteiger partial charge in [-0.1, -0.05) is 5.92 Å². The maximum Gasteiger partial charge on any atom is 0.276 e. The summed E-state index contributed by atoms with van der Waals surface area (Å²) in [5.41, 5.74) is 5.19. The molecule has 1 aromatic rings. The van der Waals surface area contributed by atoms with Gasteiger partial charge in [0, 0.05) is 0 Å². The number of aromatic nitrogens is 2. The van der Waals surface area contributed by atoms with Crippen LogP contribution in [0.5, 0.6) is 0 Å². The standard InChI is InChI=1S/C8H10N4O/c1-2-3-4-10-7-6(9)8(13)12-5-11-7/h5H,4,9H2,1H3,(H2,10,11,12,13). The Balaban J connectivity index is 2.81. The maximum atomic E-state index is 11.0. The average Bonchev–Trinajstić information content (AvgIpc) is 2.13. The normalized spacial score (nSPS) is 8.69. The number of nitrogens with one attached hydrogen (secondary N) is 2. The van der Waals surface area contributed by atoms with E-state index in [2.05, 4.69) is 27.1 Å². The SMILES string of the molecule is CC#CCNc1nc[nH]c(=O)c1N. The first-order chi connectivity index (χ1) is 6.25. The predicted octanol–water partition coefficient (Wildman–Crippen LogP) is -0.213. The van der Waals surface area contributed by atoms with Gasteiger partial charge in [-0.15, -0.1) is 5.92 Å². The molecule has 0 bridgehead atoms. The zero-order valence-corrected chi connectivity index (χ0v) is 7.22. The highest BCUT2D eigenvalue weighted by molar-refractivity contribution is 5.59. The van der Waals surface area contributed by atoms with Gasteiger partial charge in [-0.05, 0) is 6.92 Å². The summed E-state index contributed by atoms with van der Waals surface area (Å²) < 4.78 is 0. The molecule has 68 valence electrons. The van der Waals surface area contributed by atoms with Gasteiger partial charge in [0.1, 0.15) is 5.69 Å². The molecule has 0 aliphatic carbocycles. The summed E-state index contributed by atoms with van der Waals surface area (Å²) in [6.07, 6.45) is 1.29. The first-order valence-corrected chi connectivity index (χ1v) is 3.72. The summed E-state index contributed by atoms with van der Waals surface area (Å²) >= 11 is 0. The molecule has 0 aliphatic rings. The molecule has 0 saturated carbocycles. The third-order valence-electron chi connectivity index (χ3n) is 1.41. The molecule has 0 saturated heterocycles. The average molecular weight is 178 g/mol. The number of nitrogens with two attached hydrogens (primary N) is 1. The lowest BCUT2D eigenvalue weighted by molar-refractivity contribution is 1.11. The van der Waals surface area contributed by atoms with E-state index in [0.29, 0.717) is 12.4 Å². The van der Waals surface area contributed by atoms with Crippen LogP contribution < -0.4 is 16.6 Å². The van der Waals surface area contributed by atoms with Gasteiger partial charge in [0.05, 0.1) is 12.9 Å². The number of anilines is 2. The van der Waals surface area contributed by atoms with E-state index in [1.165, 1.54) is 6.33 Å². The monoisotopic (exact) mass is 178 g/mol. The second kappa shape index (κ2) is 4.16. The Morgan fingerprint density at radius 2 is 2.54 bits per heavy atom. The van der Waals surface area contributed by atoms with E-state index in [0.717, 1.165) is 0 Å². The molecule has 0 fully saturated rings. The van der Waals surface area contributed by atoms with Crippen LogP contribution in [0, 0.1) is 11.8 Å². The highest BCUT2D eigenvalue weighted by atomic mass is 16.1. The van der Waals surface area contributed by atoms with Crippen LogP contribution in [-0.4, -0.2) is 16.5 Å². The van der Waals surface area contributed by atoms with E-state index in [4.69, 9.17) is 5.73 Å². The third-order valence-corrected chi connectivity index (χ3v) is 1.41. The van der Waals surface area contributed by atoms with Crippen molar-refractivity contribution in [1.82, 2.24) is 9.97 Å². The zero-order chi connectivity index (χ0) is 9.68. The van der Waals surface area contributed by atoms with E-state index in [1.807, 2.05) is 0 Å². The van der Waals surface area contributed by atoms with Crippen molar-refractivity contribution < 1.29 is 0 Å². The van der Waals surface area contributed by atoms with Crippen LogP contribution in [0.4, 0.5) is 11.5 Å². The van der Waals surface area contributed by atoms with Crippen molar-refractivity contribution in [1.29, 1.82) is 0 Å². The van der Waals surface area contributed by atoms with Crippen LogP contribution in [0.25, 0.3) is 0 Å². The van der Waals surface area contributed by atoms with Crippen LogP contribution in [0.1, 0.15) is 6.92 Å². The molecular weight excluding hydrogens is 168 g/mol. The van der Waals surface area contributed by atoms with Crippen LogP contribution >= 0.6 is 0 Å². The van der Waals surface area contributed by atoms with Crippen molar-refractivity contribution in [2.24, 2.45) is 0 Å². The molecule has 1 heterocycles. The second-order valence-electron chi connectivity index (χ2n) is 2.27. The Morgan fingerprint density at radius 3 is 3.23 bits per heavy atom. The van der Waals surface area contributed by atoms with E-state index in [-0.39, 0.29) is 11.2 Å². The first-order valence-electron chi connectivity index (χ1n) is 3.72. The topological polar surface area (TPSA) is 83.8 Å². The number of hydrogen-bond acceptors (Lipinski definition) is 4. The summed E-state index contributed by atoms with van der Waals surface area (Å²) in [6.45, 7) is 2.16. The van der Waals surface area contributed by atoms with E-state index >= 15 is 0 Å². The molecular formula is C8H10N4O. The fourth-order valence-corrected chi connectivity index (χ4v) is 0.767. The summed E-state index contributed by atoms with van der Waals surface area (Å²) in [5, 5.41) is 2.82. The second-order valence-corrected chi connectivity index (χ2v) is 2.27.